The maximum atomic E-state index is 13.5. The molecule has 1 aromatic heterocycles. The molecule has 0 radical (unpaired) electrons. The molecule has 1 aromatic carbocycles. The summed E-state index contributed by atoms with van der Waals surface area (Å²) in [5.41, 5.74) is 1.05. The normalized spacial score (nSPS) is 10.5. The fourth-order valence-electron chi connectivity index (χ4n) is 1.47. The van der Waals surface area contributed by atoms with Crippen LogP contribution >= 0.6 is 15.9 Å². The number of nitrogens with zero attached hydrogens (tertiary/aromatic N) is 2. The Hall–Kier alpha value is -1.49. The van der Waals surface area contributed by atoms with Crippen molar-refractivity contribution in [1.29, 1.82) is 0 Å². The topological polar surface area (TPSA) is 34.9 Å². The number of ketones is 1. The van der Waals surface area contributed by atoms with Crippen LogP contribution in [0.25, 0.3) is 0 Å². The van der Waals surface area contributed by atoms with Crippen molar-refractivity contribution in [2.24, 2.45) is 0 Å². The Bertz CT molecular complexity index is 565. The molecule has 0 fully saturated rings. The molecule has 0 aliphatic carbocycles. The first-order chi connectivity index (χ1) is 8.06. The maximum absolute atomic E-state index is 13.5. The molecule has 0 N–H and O–H groups in total. The molecule has 0 spiro atoms. The second-order valence-corrected chi connectivity index (χ2v) is 4.63. The molecule has 0 unspecified atom stereocenters. The van der Waals surface area contributed by atoms with Crippen molar-refractivity contribution in [3.8, 4) is 0 Å². The lowest BCUT2D eigenvalue weighted by atomic mass is 10.2. The van der Waals surface area contributed by atoms with Gasteiger partial charge in [0.05, 0.1) is 18.3 Å². The van der Waals surface area contributed by atoms with E-state index in [1.165, 1.54) is 19.2 Å². The quantitative estimate of drug-likeness (QED) is 0.816. The summed E-state index contributed by atoms with van der Waals surface area (Å²) in [5.74, 6) is -0.334. The summed E-state index contributed by atoms with van der Waals surface area (Å²) in [6.45, 7) is 1.78. The lowest BCUT2D eigenvalue weighted by Gasteiger charge is -2.04. The molecule has 0 saturated heterocycles. The van der Waals surface area contributed by atoms with Gasteiger partial charge >= 0.3 is 0 Å². The molecule has 1 heterocycles. The fourth-order valence-corrected chi connectivity index (χ4v) is 1.88. The van der Waals surface area contributed by atoms with Crippen LogP contribution in [0.3, 0.4) is 0 Å². The number of benzene rings is 1. The summed E-state index contributed by atoms with van der Waals surface area (Å²) < 4.78 is 15.8. The van der Waals surface area contributed by atoms with Crippen LogP contribution in [0.1, 0.15) is 22.8 Å². The zero-order valence-corrected chi connectivity index (χ0v) is 10.7. The summed E-state index contributed by atoms with van der Waals surface area (Å²) in [6.07, 6.45) is 3.10. The Balaban J connectivity index is 2.25. The van der Waals surface area contributed by atoms with E-state index in [-0.39, 0.29) is 11.6 Å². The molecule has 0 amide bonds. The van der Waals surface area contributed by atoms with E-state index in [1.54, 1.807) is 23.0 Å². The van der Waals surface area contributed by atoms with Crippen LogP contribution in [0, 0.1) is 5.82 Å². The zero-order valence-electron chi connectivity index (χ0n) is 9.15. The number of carbonyl (C=O) groups excluding carboxylic acids is 1. The van der Waals surface area contributed by atoms with E-state index >= 15 is 0 Å². The Kier molecular flexibility index (Phi) is 3.38. The number of hydrogen-bond acceptors (Lipinski definition) is 2. The number of aromatic nitrogens is 2. The highest BCUT2D eigenvalue weighted by Gasteiger charge is 2.07. The number of rotatable bonds is 3. The molecule has 0 aliphatic heterocycles. The Morgan fingerprint density at radius 3 is 2.94 bits per heavy atom. The van der Waals surface area contributed by atoms with Crippen molar-refractivity contribution in [3.63, 3.8) is 0 Å². The molecular formula is C12H10BrFN2O. The molecule has 5 heteroatoms. The lowest BCUT2D eigenvalue weighted by Crippen LogP contribution is -2.02. The summed E-state index contributed by atoms with van der Waals surface area (Å²) in [7, 11) is 0. The first-order valence-corrected chi connectivity index (χ1v) is 5.83. The maximum Gasteiger partial charge on any atom is 0.162 e. The monoisotopic (exact) mass is 296 g/mol. The van der Waals surface area contributed by atoms with E-state index < -0.39 is 0 Å². The minimum absolute atomic E-state index is 0.0500. The second kappa shape index (κ2) is 4.79. The van der Waals surface area contributed by atoms with E-state index in [1.807, 2.05) is 0 Å². The van der Waals surface area contributed by atoms with Gasteiger partial charge in [-0.3, -0.25) is 9.48 Å². The molecule has 2 rings (SSSR count). The highest BCUT2D eigenvalue weighted by molar-refractivity contribution is 9.10. The van der Waals surface area contributed by atoms with Gasteiger partial charge < -0.3 is 0 Å². The first-order valence-electron chi connectivity index (χ1n) is 5.03. The highest BCUT2D eigenvalue weighted by Crippen LogP contribution is 2.16. The van der Waals surface area contributed by atoms with Crippen LogP contribution in [0.15, 0.2) is 35.1 Å². The van der Waals surface area contributed by atoms with Gasteiger partial charge in [0, 0.05) is 16.2 Å². The minimum atomic E-state index is -0.284. The van der Waals surface area contributed by atoms with Crippen LogP contribution in [0.5, 0.6) is 0 Å². The molecule has 88 valence electrons. The Morgan fingerprint density at radius 2 is 2.29 bits per heavy atom. The lowest BCUT2D eigenvalue weighted by molar-refractivity contribution is 0.101. The van der Waals surface area contributed by atoms with E-state index in [9.17, 15) is 9.18 Å². The summed E-state index contributed by atoms with van der Waals surface area (Å²) in [6, 6.07) is 4.74. The minimum Gasteiger partial charge on any atom is -0.294 e. The van der Waals surface area contributed by atoms with Crippen molar-refractivity contribution in [1.82, 2.24) is 9.78 Å². The van der Waals surface area contributed by atoms with Gasteiger partial charge in [-0.25, -0.2) is 4.39 Å². The van der Waals surface area contributed by atoms with Crippen LogP contribution in [0.2, 0.25) is 0 Å². The molecular weight excluding hydrogens is 287 g/mol. The van der Waals surface area contributed by atoms with E-state index in [0.29, 0.717) is 17.7 Å². The summed E-state index contributed by atoms with van der Waals surface area (Å²) in [4.78, 5) is 11.1. The zero-order chi connectivity index (χ0) is 12.4. The smallest absolute Gasteiger partial charge is 0.162 e. The van der Waals surface area contributed by atoms with Crippen molar-refractivity contribution in [2.45, 2.75) is 13.5 Å². The van der Waals surface area contributed by atoms with Gasteiger partial charge in [-0.15, -0.1) is 0 Å². The van der Waals surface area contributed by atoms with Crippen molar-refractivity contribution >= 4 is 21.7 Å². The number of carbonyl (C=O) groups is 1. The van der Waals surface area contributed by atoms with Crippen molar-refractivity contribution < 1.29 is 9.18 Å². The molecule has 0 saturated carbocycles. The SMILES string of the molecule is CC(=O)c1cnn(Cc2cc(Br)ccc2F)c1. The average molecular weight is 297 g/mol. The summed E-state index contributed by atoms with van der Waals surface area (Å²) >= 11 is 3.29. The molecule has 0 bridgehead atoms. The third kappa shape index (κ3) is 2.79. The van der Waals surface area contributed by atoms with Gasteiger partial charge in [0.25, 0.3) is 0 Å². The standard InChI is InChI=1S/C12H10BrFN2O/c1-8(17)10-5-15-16(7-10)6-9-4-11(13)2-3-12(9)14/h2-5,7H,6H2,1H3. The third-order valence-corrected chi connectivity index (χ3v) is 2.87. The Morgan fingerprint density at radius 1 is 1.53 bits per heavy atom. The number of hydrogen-bond donors (Lipinski definition) is 0. The highest BCUT2D eigenvalue weighted by atomic mass is 79.9. The second-order valence-electron chi connectivity index (χ2n) is 3.72. The van der Waals surface area contributed by atoms with Crippen LogP contribution in [0.4, 0.5) is 4.39 Å². The van der Waals surface area contributed by atoms with Gasteiger partial charge in [-0.1, -0.05) is 15.9 Å². The number of halogens is 2. The molecule has 0 atom stereocenters. The van der Waals surface area contributed by atoms with E-state index in [4.69, 9.17) is 0 Å². The third-order valence-electron chi connectivity index (χ3n) is 2.38. The van der Waals surface area contributed by atoms with E-state index in [0.717, 1.165) is 4.47 Å². The van der Waals surface area contributed by atoms with Crippen molar-refractivity contribution in [2.75, 3.05) is 0 Å². The molecule has 2 aromatic rings. The largest absolute Gasteiger partial charge is 0.294 e. The molecule has 17 heavy (non-hydrogen) atoms. The predicted molar refractivity (Wildman–Crippen MR) is 65.4 cm³/mol. The summed E-state index contributed by atoms with van der Waals surface area (Å²) in [5, 5.41) is 4.02. The van der Waals surface area contributed by atoms with E-state index in [2.05, 4.69) is 21.0 Å². The Labute approximate surface area is 106 Å². The fraction of sp³-hybridized carbons (Fsp3) is 0.167. The van der Waals surface area contributed by atoms with Gasteiger partial charge in [-0.2, -0.15) is 5.10 Å². The molecule has 0 aliphatic rings. The van der Waals surface area contributed by atoms with Gasteiger partial charge in [0.1, 0.15) is 5.82 Å². The van der Waals surface area contributed by atoms with Crippen LogP contribution in [-0.2, 0) is 6.54 Å². The first kappa shape index (κ1) is 12.0. The number of Topliss-reactive ketones (excluding diaryl/α,β-unsaturated/α-hetero) is 1. The van der Waals surface area contributed by atoms with Crippen molar-refractivity contribution in [3.05, 3.63) is 52.0 Å². The van der Waals surface area contributed by atoms with Gasteiger partial charge in [0.15, 0.2) is 5.78 Å². The average Bonchev–Trinajstić information content (AvgIpc) is 2.72. The molecule has 3 nitrogen and oxygen atoms in total. The van der Waals surface area contributed by atoms with Crippen LogP contribution < -0.4 is 0 Å². The van der Waals surface area contributed by atoms with Gasteiger partial charge in [-0.05, 0) is 25.1 Å². The predicted octanol–water partition coefficient (Wildman–Crippen LogP) is 3.04. The van der Waals surface area contributed by atoms with Gasteiger partial charge in [0.2, 0.25) is 0 Å². The van der Waals surface area contributed by atoms with Crippen LogP contribution in [-0.4, -0.2) is 15.6 Å².